The second-order valence-corrected chi connectivity index (χ2v) is 6.23. The van der Waals surface area contributed by atoms with Gasteiger partial charge in [0.1, 0.15) is 11.5 Å². The number of benzene rings is 2. The number of hydrogen-bond donors (Lipinski definition) is 0. The number of ether oxygens (including phenoxy) is 1. The van der Waals surface area contributed by atoms with E-state index in [4.69, 9.17) is 16.3 Å². The van der Waals surface area contributed by atoms with E-state index in [1.165, 1.54) is 12.1 Å². The number of halogens is 2. The molecule has 4 rings (SSSR count). The summed E-state index contributed by atoms with van der Waals surface area (Å²) in [6.07, 6.45) is 1.53. The topological polar surface area (TPSA) is 43.2 Å². The third kappa shape index (κ3) is 3.36. The van der Waals surface area contributed by atoms with E-state index in [1.807, 2.05) is 35.4 Å². The van der Waals surface area contributed by atoms with Crippen molar-refractivity contribution in [2.24, 2.45) is 0 Å². The van der Waals surface area contributed by atoms with Crippen LogP contribution in [0.5, 0.6) is 0 Å². The van der Waals surface area contributed by atoms with Crippen molar-refractivity contribution in [3.05, 3.63) is 76.8 Å². The number of nitrogens with zero attached hydrogens (tertiary/aromatic N) is 4. The minimum atomic E-state index is -0.328. The Morgan fingerprint density at radius 1 is 1.16 bits per heavy atom. The third-order valence-corrected chi connectivity index (χ3v) is 4.52. The van der Waals surface area contributed by atoms with Crippen molar-refractivity contribution in [2.45, 2.75) is 12.8 Å². The van der Waals surface area contributed by atoms with E-state index in [0.29, 0.717) is 30.4 Å². The lowest BCUT2D eigenvalue weighted by molar-refractivity contribution is 0.110. The lowest BCUT2D eigenvalue weighted by Crippen LogP contribution is -2.23. The Bertz CT molecular complexity index is 868. The molecule has 0 spiro atoms. The van der Waals surface area contributed by atoms with Crippen molar-refractivity contribution in [1.29, 1.82) is 0 Å². The highest BCUT2D eigenvalue weighted by molar-refractivity contribution is 6.31. The van der Waals surface area contributed by atoms with Crippen molar-refractivity contribution in [3.63, 3.8) is 0 Å². The Kier molecular flexibility index (Phi) is 4.38. The van der Waals surface area contributed by atoms with Crippen LogP contribution in [0.15, 0.2) is 54.7 Å². The molecule has 1 saturated heterocycles. The summed E-state index contributed by atoms with van der Waals surface area (Å²) in [5.74, 6) is -0.258. The monoisotopic (exact) mass is 358 g/mol. The van der Waals surface area contributed by atoms with Gasteiger partial charge in [0.25, 0.3) is 0 Å². The van der Waals surface area contributed by atoms with E-state index in [9.17, 15) is 4.39 Å². The summed E-state index contributed by atoms with van der Waals surface area (Å²) in [5.41, 5.74) is 2.58. The smallest absolute Gasteiger partial charge is 0.177 e. The maximum atomic E-state index is 13.2. The van der Waals surface area contributed by atoms with E-state index in [-0.39, 0.29) is 12.0 Å². The molecule has 128 valence electrons. The molecule has 1 fully saturated rings. The first kappa shape index (κ1) is 16.1. The van der Waals surface area contributed by atoms with Crippen LogP contribution in [0.2, 0.25) is 5.02 Å². The average Bonchev–Trinajstić information content (AvgIpc) is 3.27. The number of aromatic nitrogens is 3. The van der Waals surface area contributed by atoms with Crippen LogP contribution in [0.25, 0.3) is 0 Å². The predicted molar refractivity (Wildman–Crippen MR) is 93.0 cm³/mol. The zero-order valence-electron chi connectivity index (χ0n) is 13.3. The maximum Gasteiger partial charge on any atom is 0.177 e. The Morgan fingerprint density at radius 3 is 2.76 bits per heavy atom. The minimum Gasteiger partial charge on any atom is -0.350 e. The number of anilines is 1. The molecule has 3 aromatic rings. The van der Waals surface area contributed by atoms with Crippen molar-refractivity contribution >= 4 is 17.3 Å². The zero-order valence-corrected chi connectivity index (χ0v) is 14.1. The number of hydrogen-bond acceptors (Lipinski definition) is 4. The Balaban J connectivity index is 1.54. The molecule has 0 bridgehead atoms. The molecular formula is C18H16ClFN4O. The molecule has 5 nitrogen and oxygen atoms in total. The molecule has 1 aliphatic heterocycles. The van der Waals surface area contributed by atoms with Gasteiger partial charge in [-0.1, -0.05) is 35.0 Å². The first-order valence-corrected chi connectivity index (χ1v) is 8.36. The van der Waals surface area contributed by atoms with Gasteiger partial charge < -0.3 is 9.64 Å². The van der Waals surface area contributed by atoms with Crippen LogP contribution in [-0.4, -0.2) is 28.1 Å². The molecule has 0 aliphatic carbocycles. The summed E-state index contributed by atoms with van der Waals surface area (Å²) >= 11 is 6.20. The Hall–Kier alpha value is -2.44. The van der Waals surface area contributed by atoms with Gasteiger partial charge in [-0.2, -0.15) is 0 Å². The zero-order chi connectivity index (χ0) is 17.2. The van der Waals surface area contributed by atoms with Crippen LogP contribution < -0.4 is 4.90 Å². The normalized spacial score (nSPS) is 17.2. The van der Waals surface area contributed by atoms with Crippen molar-refractivity contribution in [3.8, 4) is 0 Å². The average molecular weight is 359 g/mol. The molecule has 1 aliphatic rings. The fourth-order valence-electron chi connectivity index (χ4n) is 2.92. The number of rotatable bonds is 4. The van der Waals surface area contributed by atoms with Crippen LogP contribution in [-0.2, 0) is 11.3 Å². The molecule has 25 heavy (non-hydrogen) atoms. The van der Waals surface area contributed by atoms with Crippen LogP contribution in [0.4, 0.5) is 10.1 Å². The lowest BCUT2D eigenvalue weighted by Gasteiger charge is -2.23. The Labute approximate surface area is 149 Å². The van der Waals surface area contributed by atoms with Gasteiger partial charge in [-0.05, 0) is 35.9 Å². The fourth-order valence-corrected chi connectivity index (χ4v) is 3.11. The molecule has 1 atom stereocenters. The summed E-state index contributed by atoms with van der Waals surface area (Å²) in [7, 11) is 0. The molecule has 1 aromatic heterocycles. The van der Waals surface area contributed by atoms with Crippen LogP contribution in [0.1, 0.15) is 17.5 Å². The van der Waals surface area contributed by atoms with Gasteiger partial charge in [-0.25, -0.2) is 9.07 Å². The second kappa shape index (κ2) is 6.82. The quantitative estimate of drug-likeness (QED) is 0.714. The first-order chi connectivity index (χ1) is 12.2. The van der Waals surface area contributed by atoms with Gasteiger partial charge in [-0.15, -0.1) is 5.10 Å². The fraction of sp³-hybridized carbons (Fsp3) is 0.222. The standard InChI is InChI=1S/C18H16ClFN4O/c19-16-4-2-1-3-13(16)11-23-12-17(21-22-23)18-24(9-10-25-18)15-7-5-14(20)6-8-15/h1-8,12,18H,9-11H2/t18-/m0/s1. The molecule has 2 heterocycles. The van der Waals surface area contributed by atoms with Crippen LogP contribution >= 0.6 is 11.6 Å². The highest BCUT2D eigenvalue weighted by Crippen LogP contribution is 2.31. The molecule has 0 unspecified atom stereocenters. The molecule has 2 aromatic carbocycles. The minimum absolute atomic E-state index is 0.258. The predicted octanol–water partition coefficient (Wildman–Crippen LogP) is 3.65. The van der Waals surface area contributed by atoms with Crippen LogP contribution in [0.3, 0.4) is 0 Å². The van der Waals surface area contributed by atoms with E-state index >= 15 is 0 Å². The van der Waals surface area contributed by atoms with Crippen molar-refractivity contribution < 1.29 is 9.13 Å². The maximum absolute atomic E-state index is 13.2. The SMILES string of the molecule is Fc1ccc(N2CCO[C@H]2c2cn(Cc3ccccc3Cl)nn2)cc1. The van der Waals surface area contributed by atoms with Gasteiger partial charge in [0, 0.05) is 17.3 Å². The summed E-state index contributed by atoms with van der Waals surface area (Å²) in [6, 6.07) is 14.0. The summed E-state index contributed by atoms with van der Waals surface area (Å²) < 4.78 is 20.7. The van der Waals surface area contributed by atoms with Crippen molar-refractivity contribution in [1.82, 2.24) is 15.0 Å². The molecule has 0 N–H and O–H groups in total. The van der Waals surface area contributed by atoms with Crippen molar-refractivity contribution in [2.75, 3.05) is 18.1 Å². The molecule has 0 radical (unpaired) electrons. The van der Waals surface area contributed by atoms with E-state index in [2.05, 4.69) is 10.3 Å². The first-order valence-electron chi connectivity index (χ1n) is 7.98. The summed E-state index contributed by atoms with van der Waals surface area (Å²) in [6.45, 7) is 1.84. The van der Waals surface area contributed by atoms with Gasteiger partial charge in [0.15, 0.2) is 6.23 Å². The second-order valence-electron chi connectivity index (χ2n) is 5.83. The lowest BCUT2D eigenvalue weighted by atomic mass is 10.2. The highest BCUT2D eigenvalue weighted by atomic mass is 35.5. The summed E-state index contributed by atoms with van der Waals surface area (Å²) in [4.78, 5) is 2.04. The molecular weight excluding hydrogens is 343 g/mol. The van der Waals surface area contributed by atoms with Gasteiger partial charge in [0.2, 0.25) is 0 Å². The Morgan fingerprint density at radius 2 is 1.96 bits per heavy atom. The van der Waals surface area contributed by atoms with E-state index in [1.54, 1.807) is 16.8 Å². The molecule has 7 heteroatoms. The summed E-state index contributed by atoms with van der Waals surface area (Å²) in [5, 5.41) is 9.13. The molecule has 0 saturated carbocycles. The van der Waals surface area contributed by atoms with E-state index in [0.717, 1.165) is 11.3 Å². The molecule has 0 amide bonds. The van der Waals surface area contributed by atoms with E-state index < -0.39 is 0 Å². The third-order valence-electron chi connectivity index (χ3n) is 4.15. The van der Waals surface area contributed by atoms with Gasteiger partial charge in [0.05, 0.1) is 19.3 Å². The van der Waals surface area contributed by atoms with Gasteiger partial charge >= 0.3 is 0 Å². The largest absolute Gasteiger partial charge is 0.350 e. The highest BCUT2D eigenvalue weighted by Gasteiger charge is 2.29. The van der Waals surface area contributed by atoms with Crippen LogP contribution in [0, 0.1) is 5.82 Å². The van der Waals surface area contributed by atoms with Gasteiger partial charge in [-0.3, -0.25) is 0 Å².